The zero-order chi connectivity index (χ0) is 13.9. The Labute approximate surface area is 112 Å². The monoisotopic (exact) mass is 280 g/mol. The van der Waals surface area contributed by atoms with Gasteiger partial charge in [0.1, 0.15) is 0 Å². The van der Waals surface area contributed by atoms with Gasteiger partial charge in [-0.05, 0) is 31.2 Å². The smallest absolute Gasteiger partial charge is 0.262 e. The van der Waals surface area contributed by atoms with Crippen LogP contribution < -0.4 is 10.0 Å². The SMILES string of the molecule is CNCc1cccc(S(=O)(=O)Nc2cn[nH]c2)c1C. The summed E-state index contributed by atoms with van der Waals surface area (Å²) in [5.74, 6) is 0. The second-order valence-corrected chi connectivity index (χ2v) is 5.81. The Morgan fingerprint density at radius 3 is 2.79 bits per heavy atom. The number of aromatic nitrogens is 2. The van der Waals surface area contributed by atoms with E-state index in [1.807, 2.05) is 13.1 Å². The fourth-order valence-corrected chi connectivity index (χ4v) is 3.17. The van der Waals surface area contributed by atoms with Crippen LogP contribution in [-0.2, 0) is 16.6 Å². The van der Waals surface area contributed by atoms with Crippen molar-refractivity contribution < 1.29 is 8.42 Å². The number of benzene rings is 1. The summed E-state index contributed by atoms with van der Waals surface area (Å²) in [6.07, 6.45) is 2.91. The average molecular weight is 280 g/mol. The molecule has 7 heteroatoms. The summed E-state index contributed by atoms with van der Waals surface area (Å²) >= 11 is 0. The summed E-state index contributed by atoms with van der Waals surface area (Å²) in [4.78, 5) is 0.279. The summed E-state index contributed by atoms with van der Waals surface area (Å²) < 4.78 is 27.1. The molecule has 1 aromatic carbocycles. The van der Waals surface area contributed by atoms with Crippen LogP contribution in [0.4, 0.5) is 5.69 Å². The maximum Gasteiger partial charge on any atom is 0.262 e. The molecule has 2 aromatic rings. The Kier molecular flexibility index (Phi) is 3.87. The van der Waals surface area contributed by atoms with E-state index in [1.165, 1.54) is 12.4 Å². The number of hydrogen-bond acceptors (Lipinski definition) is 4. The van der Waals surface area contributed by atoms with Crippen molar-refractivity contribution in [3.63, 3.8) is 0 Å². The Bertz CT molecular complexity index is 650. The van der Waals surface area contributed by atoms with E-state index in [-0.39, 0.29) is 4.90 Å². The number of rotatable bonds is 5. The molecule has 0 saturated carbocycles. The summed E-state index contributed by atoms with van der Waals surface area (Å²) in [7, 11) is -1.77. The van der Waals surface area contributed by atoms with Crippen molar-refractivity contribution in [1.29, 1.82) is 0 Å². The molecular formula is C12H16N4O2S. The fraction of sp³-hybridized carbons (Fsp3) is 0.250. The number of nitrogens with one attached hydrogen (secondary N) is 3. The van der Waals surface area contributed by atoms with Crippen molar-refractivity contribution in [2.24, 2.45) is 0 Å². The molecule has 0 atom stereocenters. The minimum absolute atomic E-state index is 0.279. The van der Waals surface area contributed by atoms with Crippen molar-refractivity contribution >= 4 is 15.7 Å². The second-order valence-electron chi connectivity index (χ2n) is 4.16. The summed E-state index contributed by atoms with van der Waals surface area (Å²) in [5.41, 5.74) is 2.11. The van der Waals surface area contributed by atoms with Gasteiger partial charge in [-0.3, -0.25) is 9.82 Å². The van der Waals surface area contributed by atoms with E-state index in [4.69, 9.17) is 0 Å². The van der Waals surface area contributed by atoms with Crippen molar-refractivity contribution in [1.82, 2.24) is 15.5 Å². The van der Waals surface area contributed by atoms with Crippen LogP contribution in [0.5, 0.6) is 0 Å². The predicted octanol–water partition coefficient (Wildman–Crippen LogP) is 1.24. The molecule has 0 bridgehead atoms. The first-order valence-corrected chi connectivity index (χ1v) is 7.27. The van der Waals surface area contributed by atoms with Gasteiger partial charge in [0, 0.05) is 12.7 Å². The van der Waals surface area contributed by atoms with Crippen LogP contribution >= 0.6 is 0 Å². The van der Waals surface area contributed by atoms with Crippen LogP contribution in [0.2, 0.25) is 0 Å². The molecule has 3 N–H and O–H groups in total. The number of H-pyrrole nitrogens is 1. The zero-order valence-corrected chi connectivity index (χ0v) is 11.6. The Morgan fingerprint density at radius 2 is 2.16 bits per heavy atom. The molecule has 0 fully saturated rings. The summed E-state index contributed by atoms with van der Waals surface area (Å²) in [5, 5.41) is 9.29. The van der Waals surface area contributed by atoms with E-state index in [0.29, 0.717) is 12.2 Å². The zero-order valence-electron chi connectivity index (χ0n) is 10.8. The van der Waals surface area contributed by atoms with E-state index in [1.54, 1.807) is 19.1 Å². The standard InChI is InChI=1S/C12H16N4O2S/c1-9-10(6-13-2)4-3-5-12(9)19(17,18)16-11-7-14-15-8-11/h3-5,7-8,13,16H,6H2,1-2H3,(H,14,15). The molecular weight excluding hydrogens is 264 g/mol. The molecule has 0 unspecified atom stereocenters. The molecule has 0 aliphatic carbocycles. The molecule has 19 heavy (non-hydrogen) atoms. The van der Waals surface area contributed by atoms with Gasteiger partial charge in [-0.2, -0.15) is 5.10 Å². The number of anilines is 1. The maximum atomic E-state index is 12.3. The lowest BCUT2D eigenvalue weighted by Gasteiger charge is -2.12. The largest absolute Gasteiger partial charge is 0.316 e. The molecule has 0 spiro atoms. The highest BCUT2D eigenvalue weighted by Crippen LogP contribution is 2.21. The van der Waals surface area contributed by atoms with Gasteiger partial charge in [-0.15, -0.1) is 0 Å². The first-order chi connectivity index (χ1) is 9.04. The van der Waals surface area contributed by atoms with Gasteiger partial charge in [-0.25, -0.2) is 8.42 Å². The number of aromatic amines is 1. The number of sulfonamides is 1. The van der Waals surface area contributed by atoms with E-state index >= 15 is 0 Å². The number of hydrogen-bond donors (Lipinski definition) is 3. The molecule has 0 radical (unpaired) electrons. The normalized spacial score (nSPS) is 11.5. The lowest BCUT2D eigenvalue weighted by molar-refractivity contribution is 0.600. The second kappa shape index (κ2) is 5.41. The third kappa shape index (κ3) is 2.94. The number of nitrogens with zero attached hydrogens (tertiary/aromatic N) is 1. The van der Waals surface area contributed by atoms with Crippen LogP contribution in [0.25, 0.3) is 0 Å². The molecule has 2 rings (SSSR count). The van der Waals surface area contributed by atoms with Crippen molar-refractivity contribution in [3.05, 3.63) is 41.7 Å². The predicted molar refractivity (Wildman–Crippen MR) is 73.3 cm³/mol. The fourth-order valence-electron chi connectivity index (χ4n) is 1.85. The summed E-state index contributed by atoms with van der Waals surface area (Å²) in [6.45, 7) is 2.43. The lowest BCUT2D eigenvalue weighted by Crippen LogP contribution is -2.16. The molecule has 6 nitrogen and oxygen atoms in total. The third-order valence-electron chi connectivity index (χ3n) is 2.80. The Hall–Kier alpha value is -1.86. The minimum atomic E-state index is -3.59. The van der Waals surface area contributed by atoms with Gasteiger partial charge in [0.2, 0.25) is 0 Å². The molecule has 0 amide bonds. The van der Waals surface area contributed by atoms with E-state index in [9.17, 15) is 8.42 Å². The lowest BCUT2D eigenvalue weighted by atomic mass is 10.1. The first kappa shape index (κ1) is 13.6. The highest BCUT2D eigenvalue weighted by atomic mass is 32.2. The van der Waals surface area contributed by atoms with Crippen LogP contribution in [0.15, 0.2) is 35.5 Å². The van der Waals surface area contributed by atoms with Crippen LogP contribution in [-0.4, -0.2) is 25.7 Å². The highest BCUT2D eigenvalue weighted by molar-refractivity contribution is 7.92. The van der Waals surface area contributed by atoms with Gasteiger partial charge in [0.25, 0.3) is 10.0 Å². The first-order valence-electron chi connectivity index (χ1n) is 5.79. The van der Waals surface area contributed by atoms with Gasteiger partial charge < -0.3 is 5.32 Å². The topological polar surface area (TPSA) is 86.9 Å². The van der Waals surface area contributed by atoms with Crippen LogP contribution in [0.3, 0.4) is 0 Å². The summed E-state index contributed by atoms with van der Waals surface area (Å²) in [6, 6.07) is 5.24. The van der Waals surface area contributed by atoms with E-state index in [0.717, 1.165) is 11.1 Å². The molecule has 1 heterocycles. The van der Waals surface area contributed by atoms with Crippen LogP contribution in [0.1, 0.15) is 11.1 Å². The maximum absolute atomic E-state index is 12.3. The Morgan fingerprint density at radius 1 is 1.37 bits per heavy atom. The van der Waals surface area contributed by atoms with Gasteiger partial charge in [-0.1, -0.05) is 12.1 Å². The molecule has 1 aromatic heterocycles. The minimum Gasteiger partial charge on any atom is -0.316 e. The molecule has 0 aliphatic rings. The molecule has 0 aliphatic heterocycles. The molecule has 102 valence electrons. The van der Waals surface area contributed by atoms with Crippen molar-refractivity contribution in [2.75, 3.05) is 11.8 Å². The van der Waals surface area contributed by atoms with Crippen molar-refractivity contribution in [3.8, 4) is 0 Å². The average Bonchev–Trinajstić information content (AvgIpc) is 2.84. The quantitative estimate of drug-likeness (QED) is 0.769. The highest BCUT2D eigenvalue weighted by Gasteiger charge is 2.18. The van der Waals surface area contributed by atoms with Gasteiger partial charge in [0.15, 0.2) is 0 Å². The van der Waals surface area contributed by atoms with E-state index < -0.39 is 10.0 Å². The Balaban J connectivity index is 2.38. The molecule has 0 saturated heterocycles. The van der Waals surface area contributed by atoms with Gasteiger partial charge in [0.05, 0.1) is 16.8 Å². The van der Waals surface area contributed by atoms with Crippen LogP contribution in [0, 0.1) is 6.92 Å². The van der Waals surface area contributed by atoms with Crippen molar-refractivity contribution in [2.45, 2.75) is 18.4 Å². The van der Waals surface area contributed by atoms with E-state index in [2.05, 4.69) is 20.2 Å². The third-order valence-corrected chi connectivity index (χ3v) is 4.33. The van der Waals surface area contributed by atoms with Gasteiger partial charge >= 0.3 is 0 Å².